The van der Waals surface area contributed by atoms with Crippen molar-refractivity contribution in [3.63, 3.8) is 0 Å². The van der Waals surface area contributed by atoms with Crippen LogP contribution in [0.4, 0.5) is 0 Å². The lowest BCUT2D eigenvalue weighted by atomic mass is 10.1. The summed E-state index contributed by atoms with van der Waals surface area (Å²) < 4.78 is 6.89. The number of ether oxygens (including phenoxy) is 1. The summed E-state index contributed by atoms with van der Waals surface area (Å²) in [5.41, 5.74) is 8.75. The molecule has 0 radical (unpaired) electrons. The van der Waals surface area contributed by atoms with E-state index in [9.17, 15) is 0 Å². The molecule has 0 atom stereocenters. The lowest BCUT2D eigenvalue weighted by Crippen LogP contribution is -2.10. The maximum Gasteiger partial charge on any atom is 0.0781 e. The van der Waals surface area contributed by atoms with Crippen LogP contribution in [-0.4, -0.2) is 28.7 Å². The fourth-order valence-electron chi connectivity index (χ4n) is 1.74. The fraction of sp³-hybridized carbons (Fsp3) is 0.333. The number of nitrogens with zero attached hydrogens (tertiary/aromatic N) is 3. The number of methoxy groups -OCH3 is 1. The van der Waals surface area contributed by atoms with Crippen molar-refractivity contribution in [3.05, 3.63) is 41.7 Å². The average molecular weight is 232 g/mol. The highest BCUT2D eigenvalue weighted by molar-refractivity contribution is 5.41. The first kappa shape index (κ1) is 11.8. The van der Waals surface area contributed by atoms with Crippen LogP contribution in [0.2, 0.25) is 0 Å². The van der Waals surface area contributed by atoms with Gasteiger partial charge in [0.15, 0.2) is 0 Å². The van der Waals surface area contributed by atoms with Crippen molar-refractivity contribution in [1.29, 1.82) is 0 Å². The molecule has 0 fully saturated rings. The topological polar surface area (TPSA) is 66.0 Å². The molecule has 0 aliphatic carbocycles. The van der Waals surface area contributed by atoms with E-state index in [1.54, 1.807) is 18.0 Å². The molecule has 1 heterocycles. The van der Waals surface area contributed by atoms with Gasteiger partial charge < -0.3 is 10.5 Å². The fourth-order valence-corrected chi connectivity index (χ4v) is 1.74. The molecule has 0 amide bonds. The van der Waals surface area contributed by atoms with E-state index >= 15 is 0 Å². The van der Waals surface area contributed by atoms with Gasteiger partial charge in [0.1, 0.15) is 0 Å². The number of hydrogen-bond acceptors (Lipinski definition) is 4. The summed E-state index contributed by atoms with van der Waals surface area (Å²) in [6, 6.07) is 8.07. The summed E-state index contributed by atoms with van der Waals surface area (Å²) in [7, 11) is 1.70. The first-order valence-corrected chi connectivity index (χ1v) is 5.53. The highest BCUT2D eigenvalue weighted by atomic mass is 16.5. The summed E-state index contributed by atoms with van der Waals surface area (Å²) in [4.78, 5) is 0. The Balaban J connectivity index is 2.37. The van der Waals surface area contributed by atoms with Gasteiger partial charge in [-0.2, -0.15) is 0 Å². The second-order valence-electron chi connectivity index (χ2n) is 3.71. The monoisotopic (exact) mass is 232 g/mol. The summed E-state index contributed by atoms with van der Waals surface area (Å²) in [5.74, 6) is 0. The Morgan fingerprint density at radius 3 is 2.94 bits per heavy atom. The summed E-state index contributed by atoms with van der Waals surface area (Å²) in [6.45, 7) is 1.11. The molecule has 2 N–H and O–H groups in total. The van der Waals surface area contributed by atoms with E-state index in [0.29, 0.717) is 13.2 Å². The molecular weight excluding hydrogens is 216 g/mol. The lowest BCUT2D eigenvalue weighted by molar-refractivity contribution is 0.202. The third-order valence-electron chi connectivity index (χ3n) is 2.62. The van der Waals surface area contributed by atoms with Crippen molar-refractivity contribution in [2.75, 3.05) is 13.7 Å². The zero-order chi connectivity index (χ0) is 12.1. The Bertz CT molecular complexity index is 481. The molecule has 0 saturated carbocycles. The van der Waals surface area contributed by atoms with Gasteiger partial charge in [-0.3, -0.25) is 0 Å². The molecule has 0 aliphatic rings. The van der Waals surface area contributed by atoms with Gasteiger partial charge >= 0.3 is 0 Å². The quantitative estimate of drug-likeness (QED) is 0.832. The molecule has 2 aromatic rings. The van der Waals surface area contributed by atoms with Gasteiger partial charge in [-0.25, -0.2) is 4.68 Å². The van der Waals surface area contributed by atoms with E-state index in [2.05, 4.69) is 16.4 Å². The van der Waals surface area contributed by atoms with Crippen molar-refractivity contribution >= 4 is 0 Å². The number of benzene rings is 1. The van der Waals surface area contributed by atoms with Crippen molar-refractivity contribution in [2.45, 2.75) is 13.0 Å². The van der Waals surface area contributed by atoms with Crippen molar-refractivity contribution < 1.29 is 4.74 Å². The van der Waals surface area contributed by atoms with E-state index in [0.717, 1.165) is 17.8 Å². The van der Waals surface area contributed by atoms with E-state index in [1.807, 2.05) is 18.2 Å². The normalized spacial score (nSPS) is 10.7. The van der Waals surface area contributed by atoms with Crippen LogP contribution in [0.15, 0.2) is 30.5 Å². The van der Waals surface area contributed by atoms with Crippen LogP contribution in [0.25, 0.3) is 5.69 Å². The van der Waals surface area contributed by atoms with E-state index < -0.39 is 0 Å². The van der Waals surface area contributed by atoms with Crippen LogP contribution in [0.3, 0.4) is 0 Å². The van der Waals surface area contributed by atoms with Crippen molar-refractivity contribution in [1.82, 2.24) is 15.0 Å². The Labute approximate surface area is 100 Å². The van der Waals surface area contributed by atoms with E-state index in [4.69, 9.17) is 10.5 Å². The number of rotatable bonds is 5. The van der Waals surface area contributed by atoms with Gasteiger partial charge in [0.25, 0.3) is 0 Å². The number of nitrogens with two attached hydrogens (primary N) is 1. The molecule has 0 unspecified atom stereocenters. The molecule has 17 heavy (non-hydrogen) atoms. The molecule has 0 aliphatic heterocycles. The predicted molar refractivity (Wildman–Crippen MR) is 64.8 cm³/mol. The van der Waals surface area contributed by atoms with Crippen LogP contribution in [0.1, 0.15) is 11.3 Å². The Morgan fingerprint density at radius 1 is 1.35 bits per heavy atom. The van der Waals surface area contributed by atoms with Gasteiger partial charge in [0.05, 0.1) is 24.2 Å². The lowest BCUT2D eigenvalue weighted by Gasteiger charge is -2.10. The SMILES string of the molecule is COCCc1ccccc1-n1nncc1CN. The van der Waals surface area contributed by atoms with Crippen LogP contribution < -0.4 is 5.73 Å². The molecular formula is C12H16N4O. The Kier molecular flexibility index (Phi) is 3.85. The predicted octanol–water partition coefficient (Wildman–Crippen LogP) is 0.915. The number of aromatic nitrogens is 3. The van der Waals surface area contributed by atoms with Gasteiger partial charge in [-0.1, -0.05) is 23.4 Å². The standard InChI is InChI=1S/C12H16N4O/c1-17-7-6-10-4-2-3-5-12(10)16-11(8-13)9-14-15-16/h2-5,9H,6-8,13H2,1H3. The maximum absolute atomic E-state index is 5.66. The molecule has 90 valence electrons. The van der Waals surface area contributed by atoms with Crippen LogP contribution >= 0.6 is 0 Å². The van der Waals surface area contributed by atoms with Crippen LogP contribution in [0.5, 0.6) is 0 Å². The molecule has 1 aromatic heterocycles. The van der Waals surface area contributed by atoms with Crippen LogP contribution in [0, 0.1) is 0 Å². The second-order valence-corrected chi connectivity index (χ2v) is 3.71. The highest BCUT2D eigenvalue weighted by Gasteiger charge is 2.08. The minimum atomic E-state index is 0.422. The van der Waals surface area contributed by atoms with Crippen molar-refractivity contribution in [3.8, 4) is 5.69 Å². The van der Waals surface area contributed by atoms with Crippen LogP contribution in [-0.2, 0) is 17.7 Å². The Hall–Kier alpha value is -1.72. The first-order valence-electron chi connectivity index (χ1n) is 5.53. The minimum absolute atomic E-state index is 0.422. The minimum Gasteiger partial charge on any atom is -0.384 e. The summed E-state index contributed by atoms with van der Waals surface area (Å²) in [5, 5.41) is 7.96. The van der Waals surface area contributed by atoms with E-state index in [-0.39, 0.29) is 0 Å². The first-order chi connectivity index (χ1) is 8.36. The summed E-state index contributed by atoms with van der Waals surface area (Å²) >= 11 is 0. The van der Waals surface area contributed by atoms with Gasteiger partial charge in [0.2, 0.25) is 0 Å². The zero-order valence-corrected chi connectivity index (χ0v) is 9.84. The second kappa shape index (κ2) is 5.56. The molecule has 5 nitrogen and oxygen atoms in total. The molecule has 5 heteroatoms. The molecule has 0 saturated heterocycles. The van der Waals surface area contributed by atoms with Gasteiger partial charge in [-0.05, 0) is 18.1 Å². The van der Waals surface area contributed by atoms with Gasteiger partial charge in [0, 0.05) is 13.7 Å². The zero-order valence-electron chi connectivity index (χ0n) is 9.84. The van der Waals surface area contributed by atoms with E-state index in [1.165, 1.54) is 5.56 Å². The number of hydrogen-bond donors (Lipinski definition) is 1. The number of para-hydroxylation sites is 1. The Morgan fingerprint density at radius 2 is 2.18 bits per heavy atom. The maximum atomic E-state index is 5.66. The van der Waals surface area contributed by atoms with Crippen molar-refractivity contribution in [2.24, 2.45) is 5.73 Å². The largest absolute Gasteiger partial charge is 0.384 e. The highest BCUT2D eigenvalue weighted by Crippen LogP contribution is 2.15. The summed E-state index contributed by atoms with van der Waals surface area (Å²) in [6.07, 6.45) is 2.53. The smallest absolute Gasteiger partial charge is 0.0781 e. The molecule has 0 spiro atoms. The average Bonchev–Trinajstić information content (AvgIpc) is 2.84. The van der Waals surface area contributed by atoms with Gasteiger partial charge in [-0.15, -0.1) is 5.10 Å². The molecule has 0 bridgehead atoms. The molecule has 2 rings (SSSR count). The third kappa shape index (κ3) is 2.51. The molecule has 1 aromatic carbocycles. The third-order valence-corrected chi connectivity index (χ3v) is 2.62.